The lowest BCUT2D eigenvalue weighted by atomic mass is 10.0. The van der Waals surface area contributed by atoms with Crippen LogP contribution in [0.2, 0.25) is 0 Å². The lowest BCUT2D eigenvalue weighted by molar-refractivity contribution is -0.127. The molecule has 0 saturated carbocycles. The van der Waals surface area contributed by atoms with E-state index in [0.29, 0.717) is 17.9 Å². The van der Waals surface area contributed by atoms with Gasteiger partial charge < -0.3 is 10.1 Å². The van der Waals surface area contributed by atoms with Crippen molar-refractivity contribution in [3.63, 3.8) is 0 Å². The van der Waals surface area contributed by atoms with E-state index in [1.54, 1.807) is 31.2 Å². The van der Waals surface area contributed by atoms with Crippen LogP contribution >= 0.6 is 0 Å². The zero-order valence-corrected chi connectivity index (χ0v) is 14.3. The van der Waals surface area contributed by atoms with Gasteiger partial charge in [-0.05, 0) is 49.6 Å². The summed E-state index contributed by atoms with van der Waals surface area (Å²) >= 11 is 0. The zero-order chi connectivity index (χ0) is 17.5. The van der Waals surface area contributed by atoms with E-state index < -0.39 is 6.10 Å². The van der Waals surface area contributed by atoms with Crippen LogP contribution in [0.25, 0.3) is 0 Å². The van der Waals surface area contributed by atoms with Crippen molar-refractivity contribution in [2.24, 2.45) is 0 Å². The first-order chi connectivity index (χ1) is 11.5. The van der Waals surface area contributed by atoms with Gasteiger partial charge in [-0.25, -0.2) is 0 Å². The van der Waals surface area contributed by atoms with Crippen LogP contribution in [0.4, 0.5) is 0 Å². The van der Waals surface area contributed by atoms with E-state index in [1.807, 2.05) is 30.3 Å². The molecule has 0 saturated heterocycles. The summed E-state index contributed by atoms with van der Waals surface area (Å²) in [6, 6.07) is 16.8. The van der Waals surface area contributed by atoms with Crippen LogP contribution in [0.15, 0.2) is 54.6 Å². The number of ether oxygens (including phenoxy) is 1. The Morgan fingerprint density at radius 2 is 1.62 bits per heavy atom. The highest BCUT2D eigenvalue weighted by Gasteiger charge is 2.16. The van der Waals surface area contributed by atoms with Crippen molar-refractivity contribution in [3.8, 4) is 5.75 Å². The quantitative estimate of drug-likeness (QED) is 0.792. The Labute approximate surface area is 142 Å². The fraction of sp³-hybridized carbons (Fsp3) is 0.300. The topological polar surface area (TPSA) is 55.4 Å². The largest absolute Gasteiger partial charge is 0.481 e. The molecular weight excluding hydrogens is 302 g/mol. The molecule has 0 unspecified atom stereocenters. The summed E-state index contributed by atoms with van der Waals surface area (Å²) in [6.45, 7) is 5.85. The molecular formula is C20H23NO3. The van der Waals surface area contributed by atoms with Crippen molar-refractivity contribution in [1.29, 1.82) is 0 Å². The van der Waals surface area contributed by atoms with Gasteiger partial charge in [0.2, 0.25) is 0 Å². The van der Waals surface area contributed by atoms with Crippen molar-refractivity contribution in [2.45, 2.75) is 32.8 Å². The molecule has 4 heteroatoms. The molecule has 0 radical (unpaired) electrons. The standard InChI is InChI=1S/C20H23NO3/c1-14(17-7-5-4-6-8-17)13-21-20(23)16(3)24-19-11-9-18(10-12-19)15(2)22/h4-12,14,16H,13H2,1-3H3,(H,21,23)/t14-,16+/m1/s1. The fourth-order valence-corrected chi connectivity index (χ4v) is 2.32. The summed E-state index contributed by atoms with van der Waals surface area (Å²) in [7, 11) is 0. The van der Waals surface area contributed by atoms with Crippen LogP contribution < -0.4 is 10.1 Å². The van der Waals surface area contributed by atoms with Crippen molar-refractivity contribution >= 4 is 11.7 Å². The maximum absolute atomic E-state index is 12.2. The minimum absolute atomic E-state index is 0.00208. The number of hydrogen-bond donors (Lipinski definition) is 1. The second kappa shape index (κ2) is 8.29. The van der Waals surface area contributed by atoms with Crippen LogP contribution in [0.3, 0.4) is 0 Å². The first-order valence-electron chi connectivity index (χ1n) is 8.07. The molecule has 2 atom stereocenters. The summed E-state index contributed by atoms with van der Waals surface area (Å²) in [6.07, 6.45) is -0.601. The van der Waals surface area contributed by atoms with E-state index in [9.17, 15) is 9.59 Å². The summed E-state index contributed by atoms with van der Waals surface area (Å²) in [5.74, 6) is 0.645. The number of amides is 1. The predicted molar refractivity (Wildman–Crippen MR) is 94.4 cm³/mol. The number of nitrogens with one attached hydrogen (secondary N) is 1. The predicted octanol–water partition coefficient (Wildman–Crippen LogP) is 3.58. The highest BCUT2D eigenvalue weighted by molar-refractivity contribution is 5.94. The third-order valence-corrected chi connectivity index (χ3v) is 3.89. The maximum atomic E-state index is 12.2. The molecule has 126 valence electrons. The third-order valence-electron chi connectivity index (χ3n) is 3.89. The molecule has 24 heavy (non-hydrogen) atoms. The van der Waals surface area contributed by atoms with Crippen LogP contribution in [0.1, 0.15) is 42.6 Å². The van der Waals surface area contributed by atoms with Crippen LogP contribution in [0.5, 0.6) is 5.75 Å². The third kappa shape index (κ3) is 4.95. The van der Waals surface area contributed by atoms with Gasteiger partial charge in [-0.1, -0.05) is 37.3 Å². The van der Waals surface area contributed by atoms with E-state index >= 15 is 0 Å². The number of rotatable bonds is 7. The van der Waals surface area contributed by atoms with E-state index in [4.69, 9.17) is 4.74 Å². The summed E-state index contributed by atoms with van der Waals surface area (Å²) in [5, 5.41) is 2.91. The Bertz CT molecular complexity index is 680. The average molecular weight is 325 g/mol. The normalized spacial score (nSPS) is 13.0. The second-order valence-electron chi connectivity index (χ2n) is 5.90. The molecule has 2 rings (SSSR count). The number of carbonyl (C=O) groups excluding carboxylic acids is 2. The second-order valence-corrected chi connectivity index (χ2v) is 5.90. The van der Waals surface area contributed by atoms with Crippen molar-refractivity contribution in [3.05, 3.63) is 65.7 Å². The molecule has 0 bridgehead atoms. The van der Waals surface area contributed by atoms with Crippen LogP contribution in [-0.2, 0) is 4.79 Å². The molecule has 4 nitrogen and oxygen atoms in total. The molecule has 1 amide bonds. The Hall–Kier alpha value is -2.62. The molecule has 0 heterocycles. The van der Waals surface area contributed by atoms with E-state index in [0.717, 1.165) is 0 Å². The summed E-state index contributed by atoms with van der Waals surface area (Å²) < 4.78 is 5.63. The van der Waals surface area contributed by atoms with Gasteiger partial charge in [0.25, 0.3) is 5.91 Å². The number of ketones is 1. The summed E-state index contributed by atoms with van der Waals surface area (Å²) in [5.41, 5.74) is 1.81. The van der Waals surface area contributed by atoms with Gasteiger partial charge in [-0.15, -0.1) is 0 Å². The van der Waals surface area contributed by atoms with Crippen molar-refractivity contribution in [1.82, 2.24) is 5.32 Å². The molecule has 1 N–H and O–H groups in total. The first kappa shape index (κ1) is 17.7. The Kier molecular flexibility index (Phi) is 6.13. The SMILES string of the molecule is CC(=O)c1ccc(O[C@@H](C)C(=O)NC[C@@H](C)c2ccccc2)cc1. The van der Waals surface area contributed by atoms with E-state index in [-0.39, 0.29) is 17.6 Å². The summed E-state index contributed by atoms with van der Waals surface area (Å²) in [4.78, 5) is 23.4. The Morgan fingerprint density at radius 1 is 1.00 bits per heavy atom. The Morgan fingerprint density at radius 3 is 2.21 bits per heavy atom. The molecule has 0 aromatic heterocycles. The van der Waals surface area contributed by atoms with Crippen LogP contribution in [-0.4, -0.2) is 24.3 Å². The van der Waals surface area contributed by atoms with Gasteiger partial charge in [0.05, 0.1) is 0 Å². The smallest absolute Gasteiger partial charge is 0.260 e. The lowest BCUT2D eigenvalue weighted by Crippen LogP contribution is -2.38. The molecule has 0 aliphatic rings. The van der Waals surface area contributed by atoms with Gasteiger partial charge in [-0.2, -0.15) is 0 Å². The number of hydrogen-bond acceptors (Lipinski definition) is 3. The number of benzene rings is 2. The van der Waals surface area contributed by atoms with Crippen molar-refractivity contribution in [2.75, 3.05) is 6.54 Å². The molecule has 0 fully saturated rings. The number of carbonyl (C=O) groups is 2. The van der Waals surface area contributed by atoms with Gasteiger partial charge in [-0.3, -0.25) is 9.59 Å². The minimum atomic E-state index is -0.601. The monoisotopic (exact) mass is 325 g/mol. The first-order valence-corrected chi connectivity index (χ1v) is 8.07. The number of Topliss-reactive ketones (excluding diaryl/α,β-unsaturated/α-hetero) is 1. The van der Waals surface area contributed by atoms with Gasteiger partial charge >= 0.3 is 0 Å². The van der Waals surface area contributed by atoms with Gasteiger partial charge in [0, 0.05) is 12.1 Å². The highest BCUT2D eigenvalue weighted by atomic mass is 16.5. The molecule has 2 aromatic rings. The molecule has 0 spiro atoms. The fourth-order valence-electron chi connectivity index (χ4n) is 2.32. The van der Waals surface area contributed by atoms with Gasteiger partial charge in [0.1, 0.15) is 5.75 Å². The molecule has 0 aliphatic heterocycles. The zero-order valence-electron chi connectivity index (χ0n) is 14.3. The van der Waals surface area contributed by atoms with Crippen LogP contribution in [0, 0.1) is 0 Å². The molecule has 2 aromatic carbocycles. The maximum Gasteiger partial charge on any atom is 0.260 e. The molecule has 0 aliphatic carbocycles. The van der Waals surface area contributed by atoms with Gasteiger partial charge in [0.15, 0.2) is 11.9 Å². The average Bonchev–Trinajstić information content (AvgIpc) is 2.60. The Balaban J connectivity index is 1.84. The van der Waals surface area contributed by atoms with E-state index in [2.05, 4.69) is 12.2 Å². The van der Waals surface area contributed by atoms with Crippen molar-refractivity contribution < 1.29 is 14.3 Å². The van der Waals surface area contributed by atoms with E-state index in [1.165, 1.54) is 12.5 Å². The highest BCUT2D eigenvalue weighted by Crippen LogP contribution is 2.15. The lowest BCUT2D eigenvalue weighted by Gasteiger charge is -2.17. The minimum Gasteiger partial charge on any atom is -0.481 e.